The van der Waals surface area contributed by atoms with Crippen LogP contribution in [-0.2, 0) is 6.42 Å². The SMILES string of the molecule is CCCCc1oc2ccccc2c1C=Nn1c(C)nc2sccc2c1=O. The Bertz CT molecular complexity index is 1170. The summed E-state index contributed by atoms with van der Waals surface area (Å²) in [5.74, 6) is 1.48. The lowest BCUT2D eigenvalue weighted by Gasteiger charge is -2.03. The second kappa shape index (κ2) is 6.88. The maximum Gasteiger partial charge on any atom is 0.282 e. The van der Waals surface area contributed by atoms with Crippen molar-refractivity contribution in [2.75, 3.05) is 0 Å². The van der Waals surface area contributed by atoms with E-state index >= 15 is 0 Å². The summed E-state index contributed by atoms with van der Waals surface area (Å²) in [6.07, 6.45) is 4.71. The van der Waals surface area contributed by atoms with E-state index in [0.717, 1.165) is 46.4 Å². The van der Waals surface area contributed by atoms with E-state index in [1.165, 1.54) is 16.0 Å². The summed E-state index contributed by atoms with van der Waals surface area (Å²) in [5, 5.41) is 7.94. The van der Waals surface area contributed by atoms with Gasteiger partial charge in [-0.1, -0.05) is 31.5 Å². The Hall–Kier alpha value is -2.73. The van der Waals surface area contributed by atoms with Crippen molar-refractivity contribution in [2.45, 2.75) is 33.1 Å². The monoisotopic (exact) mass is 365 g/mol. The van der Waals surface area contributed by atoms with Crippen molar-refractivity contribution < 1.29 is 4.42 Å². The molecule has 0 spiro atoms. The standard InChI is InChI=1S/C20H19N3O2S/c1-3-4-8-18-16(14-7-5-6-9-17(14)25-18)12-21-23-13(2)22-19-15(20(23)24)10-11-26-19/h5-7,9-12H,3-4,8H2,1-2H3. The van der Waals surface area contributed by atoms with Gasteiger partial charge in [0, 0.05) is 17.4 Å². The summed E-state index contributed by atoms with van der Waals surface area (Å²) in [5.41, 5.74) is 1.63. The Morgan fingerprint density at radius 2 is 2.12 bits per heavy atom. The van der Waals surface area contributed by atoms with Crippen LogP contribution in [0.5, 0.6) is 0 Å². The zero-order valence-electron chi connectivity index (χ0n) is 14.7. The number of nitrogens with zero attached hydrogens (tertiary/aromatic N) is 3. The summed E-state index contributed by atoms with van der Waals surface area (Å²) in [6, 6.07) is 9.71. The number of fused-ring (bicyclic) bond motifs is 2. The van der Waals surface area contributed by atoms with E-state index in [1.54, 1.807) is 19.2 Å². The first-order chi connectivity index (χ1) is 12.7. The number of furan rings is 1. The molecule has 0 fully saturated rings. The Labute approximate surface area is 154 Å². The average molecular weight is 365 g/mol. The van der Waals surface area contributed by atoms with Crippen LogP contribution in [0.3, 0.4) is 0 Å². The van der Waals surface area contributed by atoms with E-state index in [4.69, 9.17) is 4.42 Å². The molecule has 3 aromatic heterocycles. The molecule has 132 valence electrons. The molecule has 0 unspecified atom stereocenters. The summed E-state index contributed by atoms with van der Waals surface area (Å²) < 4.78 is 7.38. The lowest BCUT2D eigenvalue weighted by molar-refractivity contribution is 0.536. The van der Waals surface area contributed by atoms with Gasteiger partial charge in [0.25, 0.3) is 5.56 Å². The number of unbranched alkanes of at least 4 members (excludes halogenated alkanes) is 1. The lowest BCUT2D eigenvalue weighted by atomic mass is 10.1. The third kappa shape index (κ3) is 2.86. The van der Waals surface area contributed by atoms with Crippen molar-refractivity contribution in [2.24, 2.45) is 5.10 Å². The van der Waals surface area contributed by atoms with E-state index in [2.05, 4.69) is 17.0 Å². The van der Waals surface area contributed by atoms with Crippen molar-refractivity contribution in [3.05, 3.63) is 63.2 Å². The molecule has 0 N–H and O–H groups in total. The topological polar surface area (TPSA) is 60.4 Å². The first kappa shape index (κ1) is 16.7. The highest BCUT2D eigenvalue weighted by atomic mass is 32.1. The molecule has 0 radical (unpaired) electrons. The average Bonchev–Trinajstić information content (AvgIpc) is 3.24. The lowest BCUT2D eigenvalue weighted by Crippen LogP contribution is -2.19. The van der Waals surface area contributed by atoms with Gasteiger partial charge in [0.1, 0.15) is 22.0 Å². The van der Waals surface area contributed by atoms with Crippen LogP contribution < -0.4 is 5.56 Å². The van der Waals surface area contributed by atoms with Crippen LogP contribution >= 0.6 is 11.3 Å². The quantitative estimate of drug-likeness (QED) is 0.480. The minimum Gasteiger partial charge on any atom is -0.460 e. The van der Waals surface area contributed by atoms with Gasteiger partial charge in [0.2, 0.25) is 0 Å². The maximum absolute atomic E-state index is 12.7. The van der Waals surface area contributed by atoms with E-state index in [9.17, 15) is 4.79 Å². The predicted molar refractivity (Wildman–Crippen MR) is 106 cm³/mol. The Balaban J connectivity index is 1.83. The number of hydrogen-bond donors (Lipinski definition) is 0. The van der Waals surface area contributed by atoms with Crippen LogP contribution in [0.2, 0.25) is 0 Å². The van der Waals surface area contributed by atoms with E-state index in [0.29, 0.717) is 11.2 Å². The molecule has 6 heteroatoms. The van der Waals surface area contributed by atoms with Crippen molar-refractivity contribution in [3.8, 4) is 0 Å². The molecule has 3 heterocycles. The molecule has 4 aromatic rings. The Kier molecular flexibility index (Phi) is 4.42. The molecule has 26 heavy (non-hydrogen) atoms. The molecule has 0 bridgehead atoms. The van der Waals surface area contributed by atoms with Gasteiger partial charge in [-0.3, -0.25) is 4.79 Å². The van der Waals surface area contributed by atoms with Gasteiger partial charge in [0.15, 0.2) is 0 Å². The molecule has 0 amide bonds. The van der Waals surface area contributed by atoms with Crippen LogP contribution in [0.4, 0.5) is 0 Å². The van der Waals surface area contributed by atoms with Crippen molar-refractivity contribution in [1.82, 2.24) is 9.66 Å². The summed E-state index contributed by atoms with van der Waals surface area (Å²) in [7, 11) is 0. The fraction of sp³-hybridized carbons (Fsp3) is 0.250. The zero-order chi connectivity index (χ0) is 18.1. The molecular weight excluding hydrogens is 346 g/mol. The van der Waals surface area contributed by atoms with Crippen LogP contribution in [0.25, 0.3) is 21.2 Å². The van der Waals surface area contributed by atoms with Crippen molar-refractivity contribution >= 4 is 38.7 Å². The summed E-state index contributed by atoms with van der Waals surface area (Å²) in [6.45, 7) is 3.95. The molecule has 5 nitrogen and oxygen atoms in total. The molecule has 0 aliphatic rings. The normalized spacial score (nSPS) is 11.9. The van der Waals surface area contributed by atoms with Crippen molar-refractivity contribution in [1.29, 1.82) is 0 Å². The first-order valence-electron chi connectivity index (χ1n) is 8.70. The highest BCUT2D eigenvalue weighted by Gasteiger charge is 2.13. The van der Waals surface area contributed by atoms with Gasteiger partial charge < -0.3 is 4.42 Å². The van der Waals surface area contributed by atoms with Crippen LogP contribution in [-0.4, -0.2) is 15.9 Å². The summed E-state index contributed by atoms with van der Waals surface area (Å²) >= 11 is 1.46. The minimum absolute atomic E-state index is 0.145. The molecule has 4 rings (SSSR count). The Morgan fingerprint density at radius 1 is 1.27 bits per heavy atom. The smallest absolute Gasteiger partial charge is 0.282 e. The molecule has 0 atom stereocenters. The van der Waals surface area contributed by atoms with Crippen LogP contribution in [0.1, 0.15) is 36.9 Å². The van der Waals surface area contributed by atoms with E-state index < -0.39 is 0 Å². The molecule has 0 saturated carbocycles. The number of aryl methyl sites for hydroxylation is 2. The molecule has 0 saturated heterocycles. The van der Waals surface area contributed by atoms with Gasteiger partial charge in [-0.2, -0.15) is 9.78 Å². The highest BCUT2D eigenvalue weighted by molar-refractivity contribution is 7.16. The Morgan fingerprint density at radius 3 is 2.96 bits per heavy atom. The highest BCUT2D eigenvalue weighted by Crippen LogP contribution is 2.26. The number of thiophene rings is 1. The van der Waals surface area contributed by atoms with E-state index in [1.807, 2.05) is 29.6 Å². The zero-order valence-corrected chi connectivity index (χ0v) is 15.5. The number of hydrogen-bond acceptors (Lipinski definition) is 5. The first-order valence-corrected chi connectivity index (χ1v) is 9.58. The second-order valence-corrected chi connectivity index (χ2v) is 7.09. The number of rotatable bonds is 5. The minimum atomic E-state index is -0.145. The molecule has 0 aliphatic carbocycles. The fourth-order valence-corrected chi connectivity index (χ4v) is 3.84. The van der Waals surface area contributed by atoms with Crippen LogP contribution in [0.15, 0.2) is 50.0 Å². The molecular formula is C20H19N3O2S. The molecule has 0 aliphatic heterocycles. The second-order valence-electron chi connectivity index (χ2n) is 6.20. The van der Waals surface area contributed by atoms with Crippen LogP contribution in [0, 0.1) is 6.92 Å². The van der Waals surface area contributed by atoms with Gasteiger partial charge in [-0.25, -0.2) is 4.98 Å². The van der Waals surface area contributed by atoms with Crippen molar-refractivity contribution in [3.63, 3.8) is 0 Å². The third-order valence-electron chi connectivity index (χ3n) is 4.41. The van der Waals surface area contributed by atoms with E-state index in [-0.39, 0.29) is 5.56 Å². The fourth-order valence-electron chi connectivity index (χ4n) is 3.04. The number of aromatic nitrogens is 2. The number of para-hydroxylation sites is 1. The predicted octanol–water partition coefficient (Wildman–Crippen LogP) is 4.74. The van der Waals surface area contributed by atoms with Gasteiger partial charge >= 0.3 is 0 Å². The largest absolute Gasteiger partial charge is 0.460 e. The summed E-state index contributed by atoms with van der Waals surface area (Å²) in [4.78, 5) is 17.9. The maximum atomic E-state index is 12.7. The van der Waals surface area contributed by atoms with Gasteiger partial charge in [-0.05, 0) is 30.9 Å². The number of benzene rings is 1. The third-order valence-corrected chi connectivity index (χ3v) is 5.21. The van der Waals surface area contributed by atoms with Gasteiger partial charge in [-0.15, -0.1) is 11.3 Å². The molecule has 1 aromatic carbocycles. The van der Waals surface area contributed by atoms with Gasteiger partial charge in [0.05, 0.1) is 11.6 Å².